The van der Waals surface area contributed by atoms with Crippen LogP contribution in [0.3, 0.4) is 0 Å². The van der Waals surface area contributed by atoms with E-state index >= 15 is 0 Å². The summed E-state index contributed by atoms with van der Waals surface area (Å²) in [5.74, 6) is -0.143. The van der Waals surface area contributed by atoms with Crippen LogP contribution in [0, 0.1) is 5.41 Å². The summed E-state index contributed by atoms with van der Waals surface area (Å²) in [6, 6.07) is 0. The number of hydrogen-bond acceptors (Lipinski definition) is 4. The average Bonchev–Trinajstić information content (AvgIpc) is 2.89. The molecule has 1 heterocycles. The van der Waals surface area contributed by atoms with Gasteiger partial charge in [-0.05, 0) is 20.3 Å². The average molecular weight is 338 g/mol. The lowest BCUT2D eigenvalue weighted by Crippen LogP contribution is -2.31. The Hall–Kier alpha value is -1.72. The minimum absolute atomic E-state index is 0.143. The van der Waals surface area contributed by atoms with Crippen LogP contribution in [0.5, 0.6) is 0 Å². The number of nitrogens with zero attached hydrogens (tertiary/aromatic N) is 2. The monoisotopic (exact) mass is 337 g/mol. The van der Waals surface area contributed by atoms with E-state index in [1.54, 1.807) is 11.0 Å². The Balaban J connectivity index is 3.24. The van der Waals surface area contributed by atoms with Crippen LogP contribution in [0.4, 0.5) is 5.00 Å². The predicted molar refractivity (Wildman–Crippen MR) is 96.2 cm³/mol. The number of likely N-dealkylation sites (N-methyl/N-ethyl adjacent to an activating group) is 1. The molecule has 6 heteroatoms. The predicted octanol–water partition coefficient (Wildman–Crippen LogP) is 4.72. The molecule has 1 rings (SSSR count). The summed E-state index contributed by atoms with van der Waals surface area (Å²) in [7, 11) is 0. The van der Waals surface area contributed by atoms with E-state index in [-0.39, 0.29) is 11.1 Å². The van der Waals surface area contributed by atoms with E-state index in [0.717, 1.165) is 0 Å². The number of amides is 1. The third-order valence-corrected chi connectivity index (χ3v) is 4.48. The summed E-state index contributed by atoms with van der Waals surface area (Å²) >= 11 is 7.50. The van der Waals surface area contributed by atoms with E-state index in [1.807, 2.05) is 32.9 Å². The second-order valence-electron chi connectivity index (χ2n) is 4.41. The Bertz CT molecular complexity index is 631. The molecule has 0 aliphatic heterocycles. The standard InChI is InChI=1S/C16H20ClN3OS/c1-5-8-9-12(10-18)14-19-13(17)16(22-14)20(7-3)15(21)11(4)6-2/h5,8-10,18H,4,6-7H2,1-3H3/b8-5-,12-9+,18-10?. The van der Waals surface area contributed by atoms with Gasteiger partial charge in [-0.15, -0.1) is 0 Å². The maximum absolute atomic E-state index is 12.4. The molecular weight excluding hydrogens is 318 g/mol. The molecule has 0 fully saturated rings. The first kappa shape index (κ1) is 18.3. The van der Waals surface area contributed by atoms with Crippen LogP contribution in [-0.2, 0) is 4.79 Å². The summed E-state index contributed by atoms with van der Waals surface area (Å²) < 4.78 is 0. The Morgan fingerprint density at radius 1 is 1.50 bits per heavy atom. The number of allylic oxidation sites excluding steroid dienone is 4. The lowest BCUT2D eigenvalue weighted by molar-refractivity contribution is -0.115. The van der Waals surface area contributed by atoms with Crippen molar-refractivity contribution >= 4 is 45.6 Å². The van der Waals surface area contributed by atoms with Gasteiger partial charge >= 0.3 is 0 Å². The Kier molecular flexibility index (Phi) is 7.21. The number of hydrogen-bond donors (Lipinski definition) is 1. The number of carbonyl (C=O) groups excluding carboxylic acids is 1. The highest BCUT2D eigenvalue weighted by Crippen LogP contribution is 2.36. The van der Waals surface area contributed by atoms with Gasteiger partial charge in [0, 0.05) is 23.9 Å². The Morgan fingerprint density at radius 3 is 2.68 bits per heavy atom. The maximum atomic E-state index is 12.4. The third-order valence-electron chi connectivity index (χ3n) is 2.98. The van der Waals surface area contributed by atoms with Gasteiger partial charge in [-0.2, -0.15) is 0 Å². The van der Waals surface area contributed by atoms with E-state index in [9.17, 15) is 4.79 Å². The molecule has 0 aliphatic rings. The van der Waals surface area contributed by atoms with Gasteiger partial charge in [0.15, 0.2) is 5.15 Å². The molecular formula is C16H20ClN3OS. The van der Waals surface area contributed by atoms with Crippen LogP contribution in [0.2, 0.25) is 5.15 Å². The second kappa shape index (κ2) is 8.66. The molecule has 1 aromatic rings. The zero-order chi connectivity index (χ0) is 16.7. The maximum Gasteiger partial charge on any atom is 0.254 e. The first-order valence-electron chi connectivity index (χ1n) is 6.99. The van der Waals surface area contributed by atoms with E-state index in [0.29, 0.717) is 34.1 Å². The normalized spacial score (nSPS) is 11.7. The number of nitrogens with one attached hydrogen (secondary N) is 1. The molecule has 1 N–H and O–H groups in total. The molecule has 0 aromatic carbocycles. The third kappa shape index (κ3) is 4.15. The quantitative estimate of drug-likeness (QED) is 0.444. The van der Waals surface area contributed by atoms with E-state index in [4.69, 9.17) is 17.0 Å². The van der Waals surface area contributed by atoms with Crippen molar-refractivity contribution in [2.75, 3.05) is 11.4 Å². The molecule has 0 saturated heterocycles. The molecule has 0 bridgehead atoms. The zero-order valence-corrected chi connectivity index (χ0v) is 14.6. The van der Waals surface area contributed by atoms with E-state index < -0.39 is 0 Å². The van der Waals surface area contributed by atoms with Gasteiger partial charge in [0.2, 0.25) is 0 Å². The van der Waals surface area contributed by atoms with Gasteiger partial charge in [-0.1, -0.05) is 54.7 Å². The van der Waals surface area contributed by atoms with Crippen LogP contribution in [0.15, 0.2) is 30.4 Å². The van der Waals surface area contributed by atoms with Crippen LogP contribution in [0.25, 0.3) is 5.57 Å². The van der Waals surface area contributed by atoms with Crippen molar-refractivity contribution in [2.45, 2.75) is 27.2 Å². The van der Waals surface area contributed by atoms with Crippen LogP contribution < -0.4 is 4.90 Å². The van der Waals surface area contributed by atoms with Crippen molar-refractivity contribution in [3.63, 3.8) is 0 Å². The van der Waals surface area contributed by atoms with E-state index in [2.05, 4.69) is 11.6 Å². The fraction of sp³-hybridized carbons (Fsp3) is 0.312. The van der Waals surface area contributed by atoms with E-state index in [1.165, 1.54) is 17.6 Å². The molecule has 1 aromatic heterocycles. The highest BCUT2D eigenvalue weighted by atomic mass is 35.5. The number of thiazole rings is 1. The molecule has 0 spiro atoms. The Morgan fingerprint density at radius 2 is 2.18 bits per heavy atom. The minimum Gasteiger partial charge on any atom is -0.308 e. The topological polar surface area (TPSA) is 57.1 Å². The van der Waals surface area contributed by atoms with Crippen LogP contribution >= 0.6 is 22.9 Å². The minimum atomic E-state index is -0.143. The smallest absolute Gasteiger partial charge is 0.254 e. The molecule has 0 atom stereocenters. The lowest BCUT2D eigenvalue weighted by Gasteiger charge is -2.19. The van der Waals surface area contributed by atoms with Gasteiger partial charge in [-0.3, -0.25) is 9.69 Å². The summed E-state index contributed by atoms with van der Waals surface area (Å²) in [5.41, 5.74) is 1.18. The van der Waals surface area contributed by atoms with Gasteiger partial charge in [0.05, 0.1) is 0 Å². The lowest BCUT2D eigenvalue weighted by atomic mass is 10.2. The molecule has 1 amide bonds. The fourth-order valence-corrected chi connectivity index (χ4v) is 3.06. The van der Waals surface area contributed by atoms with Crippen LogP contribution in [-0.4, -0.2) is 23.7 Å². The zero-order valence-electron chi connectivity index (χ0n) is 13.0. The van der Waals surface area contributed by atoms with Gasteiger partial charge in [-0.25, -0.2) is 4.98 Å². The highest BCUT2D eigenvalue weighted by molar-refractivity contribution is 7.17. The summed E-state index contributed by atoms with van der Waals surface area (Å²) in [6.07, 6.45) is 7.30. The van der Waals surface area contributed by atoms with Crippen molar-refractivity contribution in [2.24, 2.45) is 0 Å². The van der Waals surface area contributed by atoms with Crippen LogP contribution in [0.1, 0.15) is 32.2 Å². The SMILES string of the molecule is C=C(CC)C(=O)N(CC)c1sc(/C(C=N)=C/C=C\C)nc1Cl. The van der Waals surface area contributed by atoms with Crippen molar-refractivity contribution in [3.8, 4) is 0 Å². The Labute approximate surface area is 140 Å². The number of carbonyl (C=O) groups is 1. The fourth-order valence-electron chi connectivity index (χ4n) is 1.69. The molecule has 0 radical (unpaired) electrons. The number of rotatable bonds is 7. The van der Waals surface area contributed by atoms with Gasteiger partial charge < -0.3 is 5.41 Å². The van der Waals surface area contributed by atoms with Crippen molar-refractivity contribution in [3.05, 3.63) is 40.5 Å². The molecule has 22 heavy (non-hydrogen) atoms. The van der Waals surface area contributed by atoms with Crippen molar-refractivity contribution < 1.29 is 4.79 Å². The summed E-state index contributed by atoms with van der Waals surface area (Å²) in [6.45, 7) is 9.94. The second-order valence-corrected chi connectivity index (χ2v) is 5.75. The first-order valence-corrected chi connectivity index (χ1v) is 8.19. The van der Waals surface area contributed by atoms with Gasteiger partial charge in [0.1, 0.15) is 10.0 Å². The first-order chi connectivity index (χ1) is 10.5. The van der Waals surface area contributed by atoms with Crippen molar-refractivity contribution in [1.82, 2.24) is 4.98 Å². The van der Waals surface area contributed by atoms with Gasteiger partial charge in [0.25, 0.3) is 5.91 Å². The highest BCUT2D eigenvalue weighted by Gasteiger charge is 2.22. The molecule has 4 nitrogen and oxygen atoms in total. The molecule has 0 saturated carbocycles. The van der Waals surface area contributed by atoms with Crippen molar-refractivity contribution in [1.29, 1.82) is 5.41 Å². The summed E-state index contributed by atoms with van der Waals surface area (Å²) in [5, 5.41) is 8.96. The summed E-state index contributed by atoms with van der Waals surface area (Å²) in [4.78, 5) is 18.2. The largest absolute Gasteiger partial charge is 0.308 e. The molecule has 0 unspecified atom stereocenters. The molecule has 118 valence electrons. The molecule has 0 aliphatic carbocycles. The number of aromatic nitrogens is 1. The number of halogens is 1. The number of anilines is 1.